The minimum absolute atomic E-state index is 0.337. The van der Waals surface area contributed by atoms with Crippen LogP contribution < -0.4 is 0 Å². The Morgan fingerprint density at radius 3 is 2.59 bits per heavy atom. The second-order valence-corrected chi connectivity index (χ2v) is 6.45. The van der Waals surface area contributed by atoms with Crippen molar-refractivity contribution < 1.29 is 14.4 Å². The van der Waals surface area contributed by atoms with Crippen LogP contribution in [0.25, 0.3) is 0 Å². The Hall–Kier alpha value is -1.68. The van der Waals surface area contributed by atoms with Crippen molar-refractivity contribution in [3.63, 3.8) is 0 Å². The average Bonchev–Trinajstić information content (AvgIpc) is 2.45. The predicted molar refractivity (Wildman–Crippen MR) is 85.3 cm³/mol. The fourth-order valence-electron chi connectivity index (χ4n) is 2.71. The van der Waals surface area contributed by atoms with E-state index in [0.29, 0.717) is 0 Å². The molecule has 0 spiro atoms. The van der Waals surface area contributed by atoms with Crippen LogP contribution in [-0.4, -0.2) is 30.4 Å². The summed E-state index contributed by atoms with van der Waals surface area (Å²) >= 11 is 0. The van der Waals surface area contributed by atoms with E-state index < -0.39 is 11.3 Å². The van der Waals surface area contributed by atoms with Crippen molar-refractivity contribution in [3.05, 3.63) is 35.4 Å². The number of rotatable bonds is 7. The molecule has 1 heterocycles. The van der Waals surface area contributed by atoms with Gasteiger partial charge in [-0.1, -0.05) is 37.6 Å². The molecule has 0 bridgehead atoms. The fourth-order valence-corrected chi connectivity index (χ4v) is 2.71. The van der Waals surface area contributed by atoms with Crippen LogP contribution in [0.5, 0.6) is 0 Å². The van der Waals surface area contributed by atoms with Crippen molar-refractivity contribution in [2.24, 2.45) is 5.41 Å². The van der Waals surface area contributed by atoms with Gasteiger partial charge in [0.1, 0.15) is 6.29 Å². The number of carbonyl (C=O) groups excluding carboxylic acids is 2. The lowest BCUT2D eigenvalue weighted by Gasteiger charge is -2.35. The highest BCUT2D eigenvalue weighted by molar-refractivity contribution is 5.83. The molecule has 22 heavy (non-hydrogen) atoms. The number of nitrogens with zero attached hydrogens (tertiary/aromatic N) is 1. The summed E-state index contributed by atoms with van der Waals surface area (Å²) < 4.78 is 0. The largest absolute Gasteiger partial charge is 0.367 e. The number of hydrogen-bond donors (Lipinski definition) is 0. The van der Waals surface area contributed by atoms with E-state index in [0.717, 1.165) is 49.8 Å². The van der Waals surface area contributed by atoms with Gasteiger partial charge in [0.2, 0.25) is 0 Å². The molecule has 1 aromatic carbocycles. The summed E-state index contributed by atoms with van der Waals surface area (Å²) in [5.41, 5.74) is 1.18. The van der Waals surface area contributed by atoms with Crippen molar-refractivity contribution in [2.75, 3.05) is 13.1 Å². The van der Waals surface area contributed by atoms with Gasteiger partial charge < -0.3 is 9.63 Å². The summed E-state index contributed by atoms with van der Waals surface area (Å²) in [6.07, 6.45) is 3.83. The van der Waals surface area contributed by atoms with E-state index in [1.807, 2.05) is 24.3 Å². The molecule has 1 aliphatic heterocycles. The molecule has 0 aromatic heterocycles. The molecular formula is C18H25NO3. The summed E-state index contributed by atoms with van der Waals surface area (Å²) in [6.45, 7) is 7.24. The van der Waals surface area contributed by atoms with Crippen LogP contribution in [0.2, 0.25) is 0 Å². The lowest BCUT2D eigenvalue weighted by molar-refractivity contribution is -0.218. The SMILES string of the molecule is CCCc1ccccc1C(C=O)C(C)(C)C(=O)ON1CCC1. The van der Waals surface area contributed by atoms with Crippen LogP contribution in [0.4, 0.5) is 0 Å². The Bertz CT molecular complexity index is 535. The van der Waals surface area contributed by atoms with E-state index in [1.165, 1.54) is 0 Å². The van der Waals surface area contributed by atoms with Gasteiger partial charge in [0, 0.05) is 13.1 Å². The maximum Gasteiger partial charge on any atom is 0.331 e. The Balaban J connectivity index is 2.25. The Morgan fingerprint density at radius 1 is 1.36 bits per heavy atom. The van der Waals surface area contributed by atoms with Crippen LogP contribution in [0.15, 0.2) is 24.3 Å². The maximum absolute atomic E-state index is 12.5. The van der Waals surface area contributed by atoms with E-state index in [-0.39, 0.29) is 5.97 Å². The zero-order chi connectivity index (χ0) is 16.2. The number of aldehydes is 1. The first kappa shape index (κ1) is 16.7. The minimum Gasteiger partial charge on any atom is -0.367 e. The van der Waals surface area contributed by atoms with Gasteiger partial charge in [-0.2, -0.15) is 0 Å². The highest BCUT2D eigenvalue weighted by Crippen LogP contribution is 2.37. The van der Waals surface area contributed by atoms with Crippen molar-refractivity contribution in [2.45, 2.75) is 46.0 Å². The third-order valence-corrected chi connectivity index (χ3v) is 4.38. The van der Waals surface area contributed by atoms with E-state index in [4.69, 9.17) is 4.84 Å². The highest BCUT2D eigenvalue weighted by atomic mass is 16.7. The number of hydrogen-bond acceptors (Lipinski definition) is 4. The molecule has 0 amide bonds. The van der Waals surface area contributed by atoms with E-state index in [9.17, 15) is 9.59 Å². The summed E-state index contributed by atoms with van der Waals surface area (Å²) in [6, 6.07) is 7.87. The van der Waals surface area contributed by atoms with Gasteiger partial charge in [0.15, 0.2) is 0 Å². The second kappa shape index (κ2) is 7.05. The fraction of sp³-hybridized carbons (Fsp3) is 0.556. The standard InChI is InChI=1S/C18H25NO3/c1-4-8-14-9-5-6-10-15(14)16(13-20)18(2,3)17(21)22-19-11-7-12-19/h5-6,9-10,13,16H,4,7-8,11-12H2,1-3H3. The number of carbonyl (C=O) groups is 2. The molecule has 0 N–H and O–H groups in total. The molecule has 1 saturated heterocycles. The quantitative estimate of drug-likeness (QED) is 0.726. The molecular weight excluding hydrogens is 278 g/mol. The van der Waals surface area contributed by atoms with Crippen molar-refractivity contribution >= 4 is 12.3 Å². The van der Waals surface area contributed by atoms with Gasteiger partial charge in [-0.3, -0.25) is 0 Å². The van der Waals surface area contributed by atoms with Gasteiger partial charge in [-0.25, -0.2) is 4.79 Å². The first-order chi connectivity index (χ1) is 10.5. The lowest BCUT2D eigenvalue weighted by Crippen LogP contribution is -2.44. The van der Waals surface area contributed by atoms with Gasteiger partial charge in [-0.05, 0) is 37.8 Å². The van der Waals surface area contributed by atoms with E-state index in [2.05, 4.69) is 6.92 Å². The monoisotopic (exact) mass is 303 g/mol. The normalized spacial score (nSPS) is 16.7. The topological polar surface area (TPSA) is 46.6 Å². The van der Waals surface area contributed by atoms with Gasteiger partial charge in [0.25, 0.3) is 0 Å². The van der Waals surface area contributed by atoms with Crippen LogP contribution in [-0.2, 0) is 20.8 Å². The van der Waals surface area contributed by atoms with E-state index in [1.54, 1.807) is 18.9 Å². The molecule has 1 aromatic rings. The summed E-state index contributed by atoms with van der Waals surface area (Å²) in [5, 5.41) is 1.66. The molecule has 0 saturated carbocycles. The summed E-state index contributed by atoms with van der Waals surface area (Å²) in [5.74, 6) is -0.834. The third kappa shape index (κ3) is 3.38. The first-order valence-electron chi connectivity index (χ1n) is 8.01. The second-order valence-electron chi connectivity index (χ2n) is 6.45. The van der Waals surface area contributed by atoms with Crippen molar-refractivity contribution in [1.82, 2.24) is 5.06 Å². The smallest absolute Gasteiger partial charge is 0.331 e. The van der Waals surface area contributed by atoms with Gasteiger partial charge >= 0.3 is 5.97 Å². The molecule has 4 nitrogen and oxygen atoms in total. The lowest BCUT2D eigenvalue weighted by atomic mass is 9.74. The van der Waals surface area contributed by atoms with Gasteiger partial charge in [0.05, 0.1) is 11.3 Å². The molecule has 0 radical (unpaired) electrons. The van der Waals surface area contributed by atoms with Crippen LogP contribution >= 0.6 is 0 Å². The van der Waals surface area contributed by atoms with Crippen molar-refractivity contribution in [3.8, 4) is 0 Å². The predicted octanol–water partition coefficient (Wildman–Crippen LogP) is 3.11. The summed E-state index contributed by atoms with van der Waals surface area (Å²) in [7, 11) is 0. The molecule has 2 rings (SSSR count). The molecule has 0 aliphatic carbocycles. The molecule has 1 fully saturated rings. The number of benzene rings is 1. The number of aryl methyl sites for hydroxylation is 1. The van der Waals surface area contributed by atoms with E-state index >= 15 is 0 Å². The molecule has 4 heteroatoms. The average molecular weight is 303 g/mol. The zero-order valence-corrected chi connectivity index (χ0v) is 13.7. The molecule has 1 atom stereocenters. The molecule has 1 aliphatic rings. The first-order valence-corrected chi connectivity index (χ1v) is 8.01. The third-order valence-electron chi connectivity index (χ3n) is 4.38. The van der Waals surface area contributed by atoms with Crippen LogP contribution in [0, 0.1) is 5.41 Å². The van der Waals surface area contributed by atoms with Crippen LogP contribution in [0.3, 0.4) is 0 Å². The van der Waals surface area contributed by atoms with Crippen LogP contribution in [0.1, 0.15) is 50.7 Å². The Kier molecular flexibility index (Phi) is 5.35. The van der Waals surface area contributed by atoms with Gasteiger partial charge in [-0.15, -0.1) is 5.06 Å². The Labute approximate surface area is 132 Å². The minimum atomic E-state index is -0.888. The molecule has 120 valence electrons. The summed E-state index contributed by atoms with van der Waals surface area (Å²) in [4.78, 5) is 29.6. The Morgan fingerprint density at radius 2 is 2.05 bits per heavy atom. The molecule has 1 unspecified atom stereocenters. The van der Waals surface area contributed by atoms with Crippen molar-refractivity contribution in [1.29, 1.82) is 0 Å². The highest BCUT2D eigenvalue weighted by Gasteiger charge is 2.41. The zero-order valence-electron chi connectivity index (χ0n) is 13.7. The maximum atomic E-state index is 12.5. The number of hydroxylamine groups is 2.